The summed E-state index contributed by atoms with van der Waals surface area (Å²) in [5, 5.41) is 9.58. The highest BCUT2D eigenvalue weighted by molar-refractivity contribution is 9.10. The lowest BCUT2D eigenvalue weighted by Gasteiger charge is -2.10. The Balaban J connectivity index is 3.42. The van der Waals surface area contributed by atoms with Crippen molar-refractivity contribution in [3.8, 4) is 5.75 Å². The van der Waals surface area contributed by atoms with Crippen molar-refractivity contribution in [2.24, 2.45) is 5.73 Å². The molecule has 3 N–H and O–H groups in total. The molecule has 66 valence electrons. The maximum absolute atomic E-state index is 9.58. The molecule has 0 aliphatic heterocycles. The molecule has 0 atom stereocenters. The monoisotopic (exact) mass is 229 g/mol. The van der Waals surface area contributed by atoms with E-state index in [0.717, 1.165) is 16.7 Å². The molecule has 1 aromatic carbocycles. The van der Waals surface area contributed by atoms with Crippen molar-refractivity contribution in [1.82, 2.24) is 0 Å². The fourth-order valence-corrected chi connectivity index (χ4v) is 1.76. The molecule has 0 amide bonds. The Kier molecular flexibility index (Phi) is 2.75. The summed E-state index contributed by atoms with van der Waals surface area (Å²) in [6.07, 6.45) is 0. The van der Waals surface area contributed by atoms with Crippen molar-refractivity contribution >= 4 is 15.9 Å². The Labute approximate surface area is 80.5 Å². The summed E-state index contributed by atoms with van der Waals surface area (Å²) < 4.78 is 0.714. The molecular formula is C9H12BrNO. The molecule has 0 saturated carbocycles. The van der Waals surface area contributed by atoms with Crippen LogP contribution in [-0.2, 0) is 6.54 Å². The van der Waals surface area contributed by atoms with Crippen molar-refractivity contribution in [2.45, 2.75) is 20.4 Å². The second kappa shape index (κ2) is 3.46. The number of hydrogen-bond acceptors (Lipinski definition) is 2. The minimum Gasteiger partial charge on any atom is -0.506 e. The van der Waals surface area contributed by atoms with Gasteiger partial charge in [0.25, 0.3) is 0 Å². The molecule has 0 bridgehead atoms. The number of halogens is 1. The number of phenolic OH excluding ortho intramolecular Hbond substituents is 1. The van der Waals surface area contributed by atoms with Crippen LogP contribution in [0.3, 0.4) is 0 Å². The Morgan fingerprint density at radius 2 is 2.08 bits per heavy atom. The van der Waals surface area contributed by atoms with E-state index in [1.807, 2.05) is 19.9 Å². The van der Waals surface area contributed by atoms with Gasteiger partial charge in [-0.05, 0) is 47.0 Å². The van der Waals surface area contributed by atoms with E-state index in [2.05, 4.69) is 15.9 Å². The number of benzene rings is 1. The molecular weight excluding hydrogens is 218 g/mol. The van der Waals surface area contributed by atoms with Crippen LogP contribution in [0.15, 0.2) is 10.5 Å². The van der Waals surface area contributed by atoms with Crippen molar-refractivity contribution in [1.29, 1.82) is 0 Å². The van der Waals surface area contributed by atoms with Crippen LogP contribution in [-0.4, -0.2) is 5.11 Å². The number of nitrogens with two attached hydrogens (primary N) is 1. The predicted octanol–water partition coefficient (Wildman–Crippen LogP) is 2.23. The van der Waals surface area contributed by atoms with E-state index in [0.29, 0.717) is 11.0 Å². The SMILES string of the molecule is Cc1cc(Br)c(O)c(CN)c1C. The summed E-state index contributed by atoms with van der Waals surface area (Å²) in [7, 11) is 0. The topological polar surface area (TPSA) is 46.2 Å². The first-order chi connectivity index (χ1) is 5.57. The third kappa shape index (κ3) is 1.47. The third-order valence-corrected chi connectivity index (χ3v) is 2.71. The maximum Gasteiger partial charge on any atom is 0.134 e. The summed E-state index contributed by atoms with van der Waals surface area (Å²) in [6.45, 7) is 4.33. The Hall–Kier alpha value is -0.540. The van der Waals surface area contributed by atoms with Crippen LogP contribution in [0.4, 0.5) is 0 Å². The number of aromatic hydroxyl groups is 1. The zero-order valence-corrected chi connectivity index (χ0v) is 8.77. The van der Waals surface area contributed by atoms with Gasteiger partial charge in [0, 0.05) is 12.1 Å². The zero-order valence-electron chi connectivity index (χ0n) is 7.19. The van der Waals surface area contributed by atoms with Gasteiger partial charge in [-0.3, -0.25) is 0 Å². The third-order valence-electron chi connectivity index (χ3n) is 2.10. The fraction of sp³-hybridized carbons (Fsp3) is 0.333. The van der Waals surface area contributed by atoms with Crippen molar-refractivity contribution in [3.05, 3.63) is 27.2 Å². The molecule has 0 fully saturated rings. The van der Waals surface area contributed by atoms with Crippen LogP contribution in [0.5, 0.6) is 5.75 Å². The lowest BCUT2D eigenvalue weighted by Crippen LogP contribution is -2.01. The zero-order chi connectivity index (χ0) is 9.30. The number of hydrogen-bond donors (Lipinski definition) is 2. The fourth-order valence-electron chi connectivity index (χ4n) is 1.18. The van der Waals surface area contributed by atoms with Gasteiger partial charge in [-0.2, -0.15) is 0 Å². The van der Waals surface area contributed by atoms with E-state index in [1.54, 1.807) is 0 Å². The molecule has 0 heterocycles. The van der Waals surface area contributed by atoms with Gasteiger partial charge in [0.2, 0.25) is 0 Å². The van der Waals surface area contributed by atoms with Gasteiger partial charge in [0.1, 0.15) is 5.75 Å². The number of rotatable bonds is 1. The van der Waals surface area contributed by atoms with E-state index in [-0.39, 0.29) is 5.75 Å². The van der Waals surface area contributed by atoms with E-state index in [9.17, 15) is 5.11 Å². The first-order valence-electron chi connectivity index (χ1n) is 3.75. The van der Waals surface area contributed by atoms with E-state index >= 15 is 0 Å². The van der Waals surface area contributed by atoms with Crippen molar-refractivity contribution < 1.29 is 5.11 Å². The number of aryl methyl sites for hydroxylation is 1. The van der Waals surface area contributed by atoms with Gasteiger partial charge in [-0.25, -0.2) is 0 Å². The largest absolute Gasteiger partial charge is 0.506 e. The lowest BCUT2D eigenvalue weighted by molar-refractivity contribution is 0.464. The Morgan fingerprint density at radius 3 is 2.58 bits per heavy atom. The molecule has 0 unspecified atom stereocenters. The first kappa shape index (κ1) is 9.55. The molecule has 2 nitrogen and oxygen atoms in total. The molecule has 12 heavy (non-hydrogen) atoms. The normalized spacial score (nSPS) is 10.3. The average molecular weight is 230 g/mol. The van der Waals surface area contributed by atoms with Gasteiger partial charge in [0.15, 0.2) is 0 Å². The van der Waals surface area contributed by atoms with Crippen molar-refractivity contribution in [3.63, 3.8) is 0 Å². The summed E-state index contributed by atoms with van der Waals surface area (Å²) >= 11 is 3.27. The maximum atomic E-state index is 9.58. The van der Waals surface area contributed by atoms with Crippen molar-refractivity contribution in [2.75, 3.05) is 0 Å². The van der Waals surface area contributed by atoms with E-state index in [4.69, 9.17) is 5.73 Å². The Bertz CT molecular complexity index is 284. The summed E-state index contributed by atoms with van der Waals surface area (Å²) in [5.41, 5.74) is 8.54. The molecule has 0 spiro atoms. The van der Waals surface area contributed by atoms with Crippen LogP contribution < -0.4 is 5.73 Å². The second-order valence-electron chi connectivity index (χ2n) is 2.83. The first-order valence-corrected chi connectivity index (χ1v) is 4.54. The molecule has 1 rings (SSSR count). The molecule has 0 aromatic heterocycles. The lowest BCUT2D eigenvalue weighted by atomic mass is 10.0. The average Bonchev–Trinajstić information content (AvgIpc) is 2.02. The summed E-state index contributed by atoms with van der Waals surface area (Å²) in [5.74, 6) is 0.264. The van der Waals surface area contributed by atoms with Crippen LogP contribution in [0.25, 0.3) is 0 Å². The molecule has 0 aliphatic carbocycles. The highest BCUT2D eigenvalue weighted by Gasteiger charge is 2.09. The van der Waals surface area contributed by atoms with Gasteiger partial charge < -0.3 is 10.8 Å². The smallest absolute Gasteiger partial charge is 0.134 e. The van der Waals surface area contributed by atoms with E-state index < -0.39 is 0 Å². The second-order valence-corrected chi connectivity index (χ2v) is 3.69. The van der Waals surface area contributed by atoms with E-state index in [1.165, 1.54) is 0 Å². The molecule has 1 aromatic rings. The van der Waals surface area contributed by atoms with Crippen LogP contribution in [0, 0.1) is 13.8 Å². The van der Waals surface area contributed by atoms with Gasteiger partial charge in [0.05, 0.1) is 4.47 Å². The Morgan fingerprint density at radius 1 is 1.50 bits per heavy atom. The van der Waals surface area contributed by atoms with Gasteiger partial charge >= 0.3 is 0 Å². The standard InChI is InChI=1S/C9H12BrNO/c1-5-3-8(10)9(12)7(4-11)6(5)2/h3,12H,4,11H2,1-2H3. The minimum atomic E-state index is 0.264. The summed E-state index contributed by atoms with van der Waals surface area (Å²) in [6, 6.07) is 1.89. The van der Waals surface area contributed by atoms with Crippen LogP contribution in [0.2, 0.25) is 0 Å². The minimum absolute atomic E-state index is 0.264. The predicted molar refractivity (Wildman–Crippen MR) is 53.2 cm³/mol. The number of phenols is 1. The molecule has 3 heteroatoms. The molecule has 0 radical (unpaired) electrons. The summed E-state index contributed by atoms with van der Waals surface area (Å²) in [4.78, 5) is 0. The quantitative estimate of drug-likeness (QED) is 0.777. The highest BCUT2D eigenvalue weighted by Crippen LogP contribution is 2.31. The van der Waals surface area contributed by atoms with Gasteiger partial charge in [-0.1, -0.05) is 0 Å². The van der Waals surface area contributed by atoms with Crippen LogP contribution in [0.1, 0.15) is 16.7 Å². The van der Waals surface area contributed by atoms with Gasteiger partial charge in [-0.15, -0.1) is 0 Å². The van der Waals surface area contributed by atoms with Crippen LogP contribution >= 0.6 is 15.9 Å². The molecule has 0 aliphatic rings. The highest BCUT2D eigenvalue weighted by atomic mass is 79.9. The molecule has 0 saturated heterocycles.